The third-order valence-corrected chi connectivity index (χ3v) is 3.43. The topological polar surface area (TPSA) is 78.4 Å². The van der Waals surface area contributed by atoms with Gasteiger partial charge in [-0.3, -0.25) is 9.59 Å². The molecule has 5 nitrogen and oxygen atoms in total. The number of nitrogens with one attached hydrogen (secondary N) is 2. The van der Waals surface area contributed by atoms with Crippen molar-refractivity contribution in [2.24, 2.45) is 11.8 Å². The SMILES string of the molecule is CC1CNCC1C(=O)Nc1ccc(CC(=O)O)cc1. The summed E-state index contributed by atoms with van der Waals surface area (Å²) in [6.45, 7) is 3.64. The molecule has 0 spiro atoms. The van der Waals surface area contributed by atoms with Gasteiger partial charge in [0.2, 0.25) is 5.91 Å². The van der Waals surface area contributed by atoms with Gasteiger partial charge in [0, 0.05) is 12.2 Å². The molecular weight excluding hydrogens is 244 g/mol. The van der Waals surface area contributed by atoms with E-state index in [2.05, 4.69) is 17.6 Å². The fourth-order valence-corrected chi connectivity index (χ4v) is 2.28. The molecule has 2 atom stereocenters. The Balaban J connectivity index is 1.95. The van der Waals surface area contributed by atoms with Crippen LogP contribution in [0.5, 0.6) is 0 Å². The Labute approximate surface area is 112 Å². The van der Waals surface area contributed by atoms with Crippen LogP contribution in [-0.4, -0.2) is 30.1 Å². The molecule has 1 fully saturated rings. The number of carboxylic acids is 1. The first-order valence-corrected chi connectivity index (χ1v) is 6.38. The molecule has 1 amide bonds. The number of anilines is 1. The monoisotopic (exact) mass is 262 g/mol. The van der Waals surface area contributed by atoms with Gasteiger partial charge >= 0.3 is 5.97 Å². The van der Waals surface area contributed by atoms with Crippen molar-refractivity contribution in [3.63, 3.8) is 0 Å². The first kappa shape index (κ1) is 13.5. The highest BCUT2D eigenvalue weighted by Gasteiger charge is 2.29. The Kier molecular flexibility index (Phi) is 4.16. The maximum absolute atomic E-state index is 12.0. The second-order valence-electron chi connectivity index (χ2n) is 5.00. The summed E-state index contributed by atoms with van der Waals surface area (Å²) < 4.78 is 0. The van der Waals surface area contributed by atoms with Crippen molar-refractivity contribution < 1.29 is 14.7 Å². The van der Waals surface area contributed by atoms with Crippen molar-refractivity contribution in [1.29, 1.82) is 0 Å². The molecule has 1 aliphatic heterocycles. The average molecular weight is 262 g/mol. The maximum atomic E-state index is 12.0. The summed E-state index contributed by atoms with van der Waals surface area (Å²) in [6, 6.07) is 6.92. The molecule has 19 heavy (non-hydrogen) atoms. The van der Waals surface area contributed by atoms with Crippen LogP contribution in [0, 0.1) is 11.8 Å². The van der Waals surface area contributed by atoms with Gasteiger partial charge in [-0.1, -0.05) is 19.1 Å². The number of hydrogen-bond donors (Lipinski definition) is 3. The molecule has 1 aromatic carbocycles. The van der Waals surface area contributed by atoms with E-state index in [-0.39, 0.29) is 18.2 Å². The lowest BCUT2D eigenvalue weighted by atomic mass is 9.97. The molecule has 1 heterocycles. The maximum Gasteiger partial charge on any atom is 0.307 e. The fraction of sp³-hybridized carbons (Fsp3) is 0.429. The highest BCUT2D eigenvalue weighted by atomic mass is 16.4. The number of aliphatic carboxylic acids is 1. The van der Waals surface area contributed by atoms with E-state index in [0.29, 0.717) is 18.2 Å². The summed E-state index contributed by atoms with van der Waals surface area (Å²) in [5.74, 6) is -0.504. The molecule has 0 aliphatic carbocycles. The van der Waals surface area contributed by atoms with Gasteiger partial charge in [-0.15, -0.1) is 0 Å². The van der Waals surface area contributed by atoms with Gasteiger partial charge in [0.05, 0.1) is 12.3 Å². The lowest BCUT2D eigenvalue weighted by Gasteiger charge is -2.14. The van der Waals surface area contributed by atoms with Gasteiger partial charge in [0.25, 0.3) is 0 Å². The summed E-state index contributed by atoms with van der Waals surface area (Å²) in [4.78, 5) is 22.6. The molecule has 1 saturated heterocycles. The number of carboxylic acid groups (broad SMARTS) is 1. The number of benzene rings is 1. The van der Waals surface area contributed by atoms with Crippen LogP contribution in [0.4, 0.5) is 5.69 Å². The number of carbonyl (C=O) groups is 2. The summed E-state index contributed by atoms with van der Waals surface area (Å²) in [5.41, 5.74) is 1.43. The van der Waals surface area contributed by atoms with E-state index in [1.165, 1.54) is 0 Å². The highest BCUT2D eigenvalue weighted by Crippen LogP contribution is 2.18. The standard InChI is InChI=1S/C14H18N2O3/c1-9-7-15-8-12(9)14(19)16-11-4-2-10(3-5-11)6-13(17)18/h2-5,9,12,15H,6-8H2,1H3,(H,16,19)(H,17,18). The van der Waals surface area contributed by atoms with Crippen molar-refractivity contribution in [1.82, 2.24) is 5.32 Å². The van der Waals surface area contributed by atoms with Crippen molar-refractivity contribution in [2.45, 2.75) is 13.3 Å². The average Bonchev–Trinajstić information content (AvgIpc) is 2.77. The largest absolute Gasteiger partial charge is 0.481 e. The molecule has 5 heteroatoms. The van der Waals surface area contributed by atoms with E-state index in [0.717, 1.165) is 12.1 Å². The second kappa shape index (κ2) is 5.84. The van der Waals surface area contributed by atoms with Crippen molar-refractivity contribution in [3.8, 4) is 0 Å². The van der Waals surface area contributed by atoms with Crippen molar-refractivity contribution >= 4 is 17.6 Å². The van der Waals surface area contributed by atoms with Crippen LogP contribution in [0.3, 0.4) is 0 Å². The summed E-state index contributed by atoms with van der Waals surface area (Å²) in [7, 11) is 0. The van der Waals surface area contributed by atoms with Crippen LogP contribution in [0.25, 0.3) is 0 Å². The smallest absolute Gasteiger partial charge is 0.307 e. The predicted molar refractivity (Wildman–Crippen MR) is 71.9 cm³/mol. The van der Waals surface area contributed by atoms with Gasteiger partial charge in [-0.05, 0) is 30.2 Å². The number of rotatable bonds is 4. The van der Waals surface area contributed by atoms with E-state index >= 15 is 0 Å². The minimum Gasteiger partial charge on any atom is -0.481 e. The zero-order valence-corrected chi connectivity index (χ0v) is 10.8. The lowest BCUT2D eigenvalue weighted by molar-refractivity contribution is -0.136. The predicted octanol–water partition coefficient (Wildman–Crippen LogP) is 1.11. The van der Waals surface area contributed by atoms with Crippen LogP contribution in [0.2, 0.25) is 0 Å². The third kappa shape index (κ3) is 3.54. The molecule has 2 rings (SSSR count). The van der Waals surface area contributed by atoms with Gasteiger partial charge in [0.15, 0.2) is 0 Å². The number of carbonyl (C=O) groups excluding carboxylic acids is 1. The molecule has 0 bridgehead atoms. The molecule has 0 aromatic heterocycles. The van der Waals surface area contributed by atoms with E-state index in [4.69, 9.17) is 5.11 Å². The molecule has 102 valence electrons. The van der Waals surface area contributed by atoms with Crippen molar-refractivity contribution in [3.05, 3.63) is 29.8 Å². The first-order chi connectivity index (χ1) is 9.06. The third-order valence-electron chi connectivity index (χ3n) is 3.43. The molecule has 0 radical (unpaired) electrons. The van der Waals surface area contributed by atoms with Gasteiger partial charge in [0.1, 0.15) is 0 Å². The van der Waals surface area contributed by atoms with Gasteiger partial charge in [-0.25, -0.2) is 0 Å². The minimum absolute atomic E-state index is 0.00121. The molecule has 3 N–H and O–H groups in total. The number of hydrogen-bond acceptors (Lipinski definition) is 3. The normalized spacial score (nSPS) is 22.2. The van der Waals surface area contributed by atoms with E-state index in [1.807, 2.05) is 0 Å². The Bertz CT molecular complexity index is 470. The Hall–Kier alpha value is -1.88. The first-order valence-electron chi connectivity index (χ1n) is 6.38. The molecular formula is C14H18N2O3. The van der Waals surface area contributed by atoms with Gasteiger partial charge < -0.3 is 15.7 Å². The molecule has 0 saturated carbocycles. The highest BCUT2D eigenvalue weighted by molar-refractivity contribution is 5.93. The molecule has 2 unspecified atom stereocenters. The van der Waals surface area contributed by atoms with Crippen LogP contribution in [0.1, 0.15) is 12.5 Å². The summed E-state index contributed by atoms with van der Waals surface area (Å²) in [6.07, 6.45) is -0.00218. The number of amides is 1. The van der Waals surface area contributed by atoms with Gasteiger partial charge in [-0.2, -0.15) is 0 Å². The summed E-state index contributed by atoms with van der Waals surface area (Å²) >= 11 is 0. The van der Waals surface area contributed by atoms with Crippen LogP contribution >= 0.6 is 0 Å². The van der Waals surface area contributed by atoms with Crippen LogP contribution in [0.15, 0.2) is 24.3 Å². The molecule has 1 aromatic rings. The Morgan fingerprint density at radius 3 is 2.53 bits per heavy atom. The van der Waals surface area contributed by atoms with Crippen LogP contribution in [-0.2, 0) is 16.0 Å². The minimum atomic E-state index is -0.859. The Morgan fingerprint density at radius 2 is 2.00 bits per heavy atom. The zero-order valence-electron chi connectivity index (χ0n) is 10.8. The fourth-order valence-electron chi connectivity index (χ4n) is 2.28. The van der Waals surface area contributed by atoms with Crippen LogP contribution < -0.4 is 10.6 Å². The molecule has 1 aliphatic rings. The quantitative estimate of drug-likeness (QED) is 0.759. The van der Waals surface area contributed by atoms with E-state index in [9.17, 15) is 9.59 Å². The zero-order chi connectivity index (χ0) is 13.8. The lowest BCUT2D eigenvalue weighted by Crippen LogP contribution is -2.27. The van der Waals surface area contributed by atoms with E-state index in [1.54, 1.807) is 24.3 Å². The summed E-state index contributed by atoms with van der Waals surface area (Å²) in [5, 5.41) is 14.7. The second-order valence-corrected chi connectivity index (χ2v) is 5.00. The Morgan fingerprint density at radius 1 is 1.32 bits per heavy atom. The van der Waals surface area contributed by atoms with E-state index < -0.39 is 5.97 Å². The van der Waals surface area contributed by atoms with Crippen molar-refractivity contribution in [2.75, 3.05) is 18.4 Å².